The van der Waals surface area contributed by atoms with E-state index in [1.54, 1.807) is 17.7 Å². The van der Waals surface area contributed by atoms with E-state index in [2.05, 4.69) is 20.6 Å². The van der Waals surface area contributed by atoms with Crippen LogP contribution in [0.4, 0.5) is 4.48 Å². The number of hydrogen-bond donors (Lipinski definition) is 2. The van der Waals surface area contributed by atoms with Crippen molar-refractivity contribution in [2.75, 3.05) is 0 Å². The molecular formula is C8H8FN5. The molecule has 1 aromatic carbocycles. The molecule has 14 heavy (non-hydrogen) atoms. The molecule has 2 N–H and O–H groups in total. The molecule has 0 aliphatic carbocycles. The van der Waals surface area contributed by atoms with Crippen molar-refractivity contribution < 1.29 is 4.48 Å². The summed E-state index contributed by atoms with van der Waals surface area (Å²) in [6.45, 7) is 0. The van der Waals surface area contributed by atoms with E-state index in [1.807, 2.05) is 18.2 Å². The third-order valence-corrected chi connectivity index (χ3v) is 1.86. The summed E-state index contributed by atoms with van der Waals surface area (Å²) in [5, 5.41) is 13.1. The van der Waals surface area contributed by atoms with Crippen LogP contribution < -0.4 is 5.54 Å². The highest BCUT2D eigenvalue weighted by Crippen LogP contribution is 2.17. The van der Waals surface area contributed by atoms with E-state index in [0.29, 0.717) is 0 Å². The lowest BCUT2D eigenvalue weighted by Crippen LogP contribution is -2.15. The van der Waals surface area contributed by atoms with Crippen LogP contribution in [0.5, 0.6) is 0 Å². The van der Waals surface area contributed by atoms with Gasteiger partial charge in [-0.15, -0.1) is 20.2 Å². The van der Waals surface area contributed by atoms with Crippen molar-refractivity contribution in [1.82, 2.24) is 26.2 Å². The van der Waals surface area contributed by atoms with Crippen LogP contribution in [0.3, 0.4) is 0 Å². The van der Waals surface area contributed by atoms with Crippen molar-refractivity contribution in [2.24, 2.45) is 0 Å². The Balaban J connectivity index is 2.31. The molecule has 0 saturated heterocycles. The fourth-order valence-electron chi connectivity index (χ4n) is 1.20. The largest absolute Gasteiger partial charge is 0.198 e. The molecule has 1 unspecified atom stereocenters. The summed E-state index contributed by atoms with van der Waals surface area (Å²) in [6, 6.07) is 8.39. The molecule has 0 fully saturated rings. The molecule has 6 heteroatoms. The van der Waals surface area contributed by atoms with Crippen LogP contribution in [-0.4, -0.2) is 20.6 Å². The van der Waals surface area contributed by atoms with Crippen molar-refractivity contribution in [3.8, 4) is 0 Å². The summed E-state index contributed by atoms with van der Waals surface area (Å²) in [6.07, 6.45) is 0. The van der Waals surface area contributed by atoms with Crippen molar-refractivity contribution in [3.63, 3.8) is 0 Å². The van der Waals surface area contributed by atoms with Gasteiger partial charge in [-0.05, 0) is 5.56 Å². The Morgan fingerprint density at radius 1 is 1.29 bits per heavy atom. The second-order valence-corrected chi connectivity index (χ2v) is 2.72. The summed E-state index contributed by atoms with van der Waals surface area (Å²) in [4.78, 5) is 0. The van der Waals surface area contributed by atoms with E-state index in [4.69, 9.17) is 0 Å². The van der Waals surface area contributed by atoms with Gasteiger partial charge < -0.3 is 0 Å². The molecular weight excluding hydrogens is 185 g/mol. The van der Waals surface area contributed by atoms with E-state index >= 15 is 0 Å². The molecule has 5 nitrogen and oxygen atoms in total. The van der Waals surface area contributed by atoms with E-state index in [9.17, 15) is 4.48 Å². The molecule has 1 heterocycles. The highest BCUT2D eigenvalue weighted by atomic mass is 19.2. The minimum atomic E-state index is -0.671. The zero-order valence-corrected chi connectivity index (χ0v) is 7.18. The maximum atomic E-state index is 12.5. The summed E-state index contributed by atoms with van der Waals surface area (Å²) in [7, 11) is 0. The Bertz CT molecular complexity index is 374. The second-order valence-electron chi connectivity index (χ2n) is 2.72. The van der Waals surface area contributed by atoms with Gasteiger partial charge in [-0.3, -0.25) is 0 Å². The first-order valence-electron chi connectivity index (χ1n) is 4.06. The Morgan fingerprint density at radius 3 is 2.64 bits per heavy atom. The number of H-pyrrole nitrogens is 1. The Labute approximate surface area is 79.3 Å². The first-order valence-corrected chi connectivity index (χ1v) is 4.06. The lowest BCUT2D eigenvalue weighted by atomic mass is 10.1. The lowest BCUT2D eigenvalue weighted by Gasteiger charge is -2.08. The van der Waals surface area contributed by atoms with Crippen molar-refractivity contribution in [2.45, 2.75) is 6.04 Å². The van der Waals surface area contributed by atoms with Crippen LogP contribution in [0.15, 0.2) is 30.3 Å². The van der Waals surface area contributed by atoms with Gasteiger partial charge in [-0.2, -0.15) is 5.21 Å². The molecule has 2 aromatic rings. The number of nitrogens with zero attached hydrogens (tertiary/aromatic N) is 3. The SMILES string of the molecule is FNC(c1ccccc1)c1nn[nH]n1. The zero-order valence-electron chi connectivity index (χ0n) is 7.18. The molecule has 0 amide bonds. The molecule has 72 valence electrons. The number of halogens is 1. The van der Waals surface area contributed by atoms with E-state index in [-0.39, 0.29) is 5.82 Å². The first kappa shape index (κ1) is 8.76. The maximum absolute atomic E-state index is 12.5. The summed E-state index contributed by atoms with van der Waals surface area (Å²) in [5.74, 6) is 0.277. The highest BCUT2D eigenvalue weighted by Gasteiger charge is 2.17. The average Bonchev–Trinajstić information content (AvgIpc) is 2.74. The molecule has 0 saturated carbocycles. The maximum Gasteiger partial charge on any atom is 0.198 e. The normalized spacial score (nSPS) is 12.6. The van der Waals surface area contributed by atoms with Gasteiger partial charge in [0.25, 0.3) is 0 Å². The van der Waals surface area contributed by atoms with E-state index in [1.165, 1.54) is 0 Å². The number of aromatic nitrogens is 4. The van der Waals surface area contributed by atoms with Gasteiger partial charge in [-0.25, -0.2) is 0 Å². The average molecular weight is 193 g/mol. The monoisotopic (exact) mass is 193 g/mol. The van der Waals surface area contributed by atoms with Crippen molar-refractivity contribution in [3.05, 3.63) is 41.7 Å². The van der Waals surface area contributed by atoms with Crippen molar-refractivity contribution >= 4 is 0 Å². The topological polar surface area (TPSA) is 66.5 Å². The van der Waals surface area contributed by atoms with Crippen LogP contribution in [0.1, 0.15) is 17.4 Å². The molecule has 0 bridgehead atoms. The van der Waals surface area contributed by atoms with Gasteiger partial charge in [0.05, 0.1) is 0 Å². The third kappa shape index (κ3) is 1.60. The minimum Gasteiger partial charge on any atom is -0.177 e. The Kier molecular flexibility index (Phi) is 2.46. The van der Waals surface area contributed by atoms with Crippen LogP contribution in [0, 0.1) is 0 Å². The fourth-order valence-corrected chi connectivity index (χ4v) is 1.20. The number of tetrazole rings is 1. The predicted octanol–water partition coefficient (Wildman–Crippen LogP) is 0.763. The Morgan fingerprint density at radius 2 is 2.07 bits per heavy atom. The van der Waals surface area contributed by atoms with Gasteiger partial charge in [-0.1, -0.05) is 35.5 Å². The highest BCUT2D eigenvalue weighted by molar-refractivity contribution is 5.23. The van der Waals surface area contributed by atoms with Gasteiger partial charge in [0, 0.05) is 0 Å². The van der Waals surface area contributed by atoms with Gasteiger partial charge in [0.15, 0.2) is 5.82 Å². The molecule has 2 rings (SSSR count). The van der Waals surface area contributed by atoms with Crippen LogP contribution >= 0.6 is 0 Å². The molecule has 1 atom stereocenters. The molecule has 0 aliphatic rings. The van der Waals surface area contributed by atoms with Crippen LogP contribution in [0.25, 0.3) is 0 Å². The van der Waals surface area contributed by atoms with Crippen molar-refractivity contribution in [1.29, 1.82) is 0 Å². The molecule has 0 radical (unpaired) electrons. The Hall–Kier alpha value is -1.82. The number of nitrogens with one attached hydrogen (secondary N) is 2. The van der Waals surface area contributed by atoms with E-state index < -0.39 is 6.04 Å². The molecule has 1 aromatic heterocycles. The smallest absolute Gasteiger partial charge is 0.177 e. The molecule has 0 aliphatic heterocycles. The zero-order chi connectivity index (χ0) is 9.80. The van der Waals surface area contributed by atoms with Crippen LogP contribution in [-0.2, 0) is 0 Å². The minimum absolute atomic E-state index is 0.277. The van der Waals surface area contributed by atoms with E-state index in [0.717, 1.165) is 5.56 Å². The first-order chi connectivity index (χ1) is 6.92. The summed E-state index contributed by atoms with van der Waals surface area (Å²) < 4.78 is 12.5. The van der Waals surface area contributed by atoms with Gasteiger partial charge in [0.2, 0.25) is 0 Å². The van der Waals surface area contributed by atoms with Crippen LogP contribution in [0.2, 0.25) is 0 Å². The van der Waals surface area contributed by atoms with Gasteiger partial charge >= 0.3 is 0 Å². The summed E-state index contributed by atoms with van der Waals surface area (Å²) in [5.41, 5.74) is 2.38. The second kappa shape index (κ2) is 3.93. The number of rotatable bonds is 3. The quantitative estimate of drug-likeness (QED) is 0.706. The standard InChI is InChI=1S/C8H8FN5/c9-10-7(8-11-13-14-12-8)6-4-2-1-3-5-6/h1-5,7,10H,(H,11,12,13,14). The summed E-state index contributed by atoms with van der Waals surface area (Å²) >= 11 is 0. The number of aromatic amines is 1. The fraction of sp³-hybridized carbons (Fsp3) is 0.125. The third-order valence-electron chi connectivity index (χ3n) is 1.86. The number of hydrogen-bond acceptors (Lipinski definition) is 4. The van der Waals surface area contributed by atoms with Gasteiger partial charge in [0.1, 0.15) is 6.04 Å². The lowest BCUT2D eigenvalue weighted by molar-refractivity contribution is 0.291. The number of benzene rings is 1. The molecule has 0 spiro atoms. The predicted molar refractivity (Wildman–Crippen MR) is 46.7 cm³/mol.